The summed E-state index contributed by atoms with van der Waals surface area (Å²) in [6.45, 7) is 5.68. The van der Waals surface area contributed by atoms with Crippen molar-refractivity contribution in [1.29, 1.82) is 5.26 Å². The van der Waals surface area contributed by atoms with Gasteiger partial charge in [0.2, 0.25) is 5.95 Å². The molecule has 1 fully saturated rings. The Hall–Kier alpha value is -4.10. The second kappa shape index (κ2) is 9.03. The minimum absolute atomic E-state index is 0.225. The molecule has 4 aromatic rings. The van der Waals surface area contributed by atoms with Gasteiger partial charge in [-0.25, -0.2) is 24.3 Å². The van der Waals surface area contributed by atoms with Gasteiger partial charge in [-0.15, -0.1) is 0 Å². The number of benzene rings is 1. The van der Waals surface area contributed by atoms with Crippen LogP contribution in [-0.2, 0) is 6.42 Å². The lowest BCUT2D eigenvalue weighted by atomic mass is 10.1. The molecule has 1 aliphatic heterocycles. The van der Waals surface area contributed by atoms with Gasteiger partial charge in [-0.3, -0.25) is 9.30 Å². The summed E-state index contributed by atoms with van der Waals surface area (Å²) in [4.78, 5) is 22.7. The number of aryl methyl sites for hydroxylation is 1. The molecular formula is C24H24FN9. The largest absolute Gasteiger partial charge is 0.353 e. The summed E-state index contributed by atoms with van der Waals surface area (Å²) >= 11 is 0. The number of nitriles is 1. The number of anilines is 3. The Bertz CT molecular complexity index is 1390. The van der Waals surface area contributed by atoms with Crippen LogP contribution in [0, 0.1) is 17.1 Å². The first-order chi connectivity index (χ1) is 16.6. The third kappa shape index (κ3) is 3.91. The van der Waals surface area contributed by atoms with Crippen molar-refractivity contribution >= 4 is 23.2 Å². The van der Waals surface area contributed by atoms with Gasteiger partial charge in [0.1, 0.15) is 17.5 Å². The SMILES string of the molecule is CCc1nc2cnc(N3CCNCC3)cn2c1N(C)c1nccc(-c2ccc(F)cc2C#N)n1. The molecule has 1 saturated heterocycles. The molecule has 10 heteroatoms. The standard InChI is InChI=1S/C24H24FN9/c1-3-19-23(34-15-22(29-14-21(34)30-19)33-10-8-27-9-11-33)32(2)24-28-7-6-20(31-24)18-5-4-17(25)12-16(18)13-26/h4-7,12,14-15,27H,3,8-11H2,1-2H3. The van der Waals surface area contributed by atoms with E-state index >= 15 is 0 Å². The maximum Gasteiger partial charge on any atom is 0.231 e. The molecule has 9 nitrogen and oxygen atoms in total. The van der Waals surface area contributed by atoms with E-state index in [2.05, 4.69) is 27.1 Å². The molecule has 1 N–H and O–H groups in total. The maximum atomic E-state index is 13.6. The first kappa shape index (κ1) is 21.7. The minimum atomic E-state index is -0.459. The summed E-state index contributed by atoms with van der Waals surface area (Å²) in [5.74, 6) is 1.73. The number of nitrogens with zero attached hydrogens (tertiary/aromatic N) is 8. The molecule has 0 spiro atoms. The van der Waals surface area contributed by atoms with E-state index in [1.54, 1.807) is 24.5 Å². The third-order valence-corrected chi connectivity index (χ3v) is 5.95. The lowest BCUT2D eigenvalue weighted by Crippen LogP contribution is -2.44. The monoisotopic (exact) mass is 457 g/mol. The van der Waals surface area contributed by atoms with Crippen LogP contribution in [0.3, 0.4) is 0 Å². The number of halogens is 1. The van der Waals surface area contributed by atoms with E-state index in [9.17, 15) is 9.65 Å². The number of hydrogen-bond donors (Lipinski definition) is 1. The highest BCUT2D eigenvalue weighted by molar-refractivity contribution is 5.69. The summed E-state index contributed by atoms with van der Waals surface area (Å²) in [5, 5.41) is 12.8. The van der Waals surface area contributed by atoms with Crippen LogP contribution in [0.4, 0.5) is 22.0 Å². The fourth-order valence-electron chi connectivity index (χ4n) is 4.22. The number of nitrogens with one attached hydrogen (secondary N) is 1. The Morgan fingerprint density at radius 2 is 2.00 bits per heavy atom. The first-order valence-corrected chi connectivity index (χ1v) is 11.2. The zero-order valence-electron chi connectivity index (χ0n) is 19.0. The van der Waals surface area contributed by atoms with Crippen LogP contribution in [0.1, 0.15) is 18.2 Å². The van der Waals surface area contributed by atoms with E-state index in [1.807, 2.05) is 28.6 Å². The van der Waals surface area contributed by atoms with Crippen LogP contribution in [-0.4, -0.2) is 57.6 Å². The van der Waals surface area contributed by atoms with Gasteiger partial charge in [0.25, 0.3) is 0 Å². The zero-order chi connectivity index (χ0) is 23.7. The highest BCUT2D eigenvalue weighted by Gasteiger charge is 2.21. The normalized spacial score (nSPS) is 13.8. The molecule has 1 aromatic carbocycles. The lowest BCUT2D eigenvalue weighted by Gasteiger charge is -2.28. The van der Waals surface area contributed by atoms with Gasteiger partial charge in [-0.2, -0.15) is 5.26 Å². The Labute approximate surface area is 196 Å². The molecule has 4 heterocycles. The van der Waals surface area contributed by atoms with E-state index in [0.29, 0.717) is 17.2 Å². The predicted octanol–water partition coefficient (Wildman–Crippen LogP) is 2.94. The highest BCUT2D eigenvalue weighted by Crippen LogP contribution is 2.30. The van der Waals surface area contributed by atoms with Crippen LogP contribution in [0.2, 0.25) is 0 Å². The van der Waals surface area contributed by atoms with Gasteiger partial charge < -0.3 is 10.2 Å². The second-order valence-corrected chi connectivity index (χ2v) is 8.05. The topological polar surface area (TPSA) is 98.3 Å². The molecule has 0 aliphatic carbocycles. The number of imidazole rings is 1. The van der Waals surface area contributed by atoms with E-state index in [4.69, 9.17) is 9.97 Å². The van der Waals surface area contributed by atoms with E-state index in [0.717, 1.165) is 55.6 Å². The van der Waals surface area contributed by atoms with Crippen LogP contribution in [0.5, 0.6) is 0 Å². The molecule has 172 valence electrons. The van der Waals surface area contributed by atoms with Gasteiger partial charge in [0.05, 0.1) is 35.4 Å². The molecule has 0 amide bonds. The van der Waals surface area contributed by atoms with Gasteiger partial charge in [-0.05, 0) is 30.7 Å². The molecule has 0 atom stereocenters. The van der Waals surface area contributed by atoms with Crippen LogP contribution < -0.4 is 15.1 Å². The van der Waals surface area contributed by atoms with Crippen molar-refractivity contribution in [3.05, 3.63) is 59.9 Å². The van der Waals surface area contributed by atoms with Gasteiger partial charge >= 0.3 is 0 Å². The fourth-order valence-corrected chi connectivity index (χ4v) is 4.22. The minimum Gasteiger partial charge on any atom is -0.353 e. The van der Waals surface area contributed by atoms with Crippen molar-refractivity contribution in [2.45, 2.75) is 13.3 Å². The lowest BCUT2D eigenvalue weighted by molar-refractivity contribution is 0.584. The van der Waals surface area contributed by atoms with Crippen LogP contribution in [0.25, 0.3) is 16.9 Å². The van der Waals surface area contributed by atoms with Gasteiger partial charge in [0, 0.05) is 45.0 Å². The number of piperazine rings is 1. The van der Waals surface area contributed by atoms with Crippen molar-refractivity contribution in [3.63, 3.8) is 0 Å². The fraction of sp³-hybridized carbons (Fsp3) is 0.292. The van der Waals surface area contributed by atoms with E-state index in [-0.39, 0.29) is 5.56 Å². The molecule has 1 aliphatic rings. The molecule has 5 rings (SSSR count). The summed E-state index contributed by atoms with van der Waals surface area (Å²) < 4.78 is 15.7. The first-order valence-electron chi connectivity index (χ1n) is 11.2. The van der Waals surface area contributed by atoms with Crippen molar-refractivity contribution < 1.29 is 4.39 Å². The predicted molar refractivity (Wildman–Crippen MR) is 128 cm³/mol. The molecule has 3 aromatic heterocycles. The molecule has 0 radical (unpaired) electrons. The average Bonchev–Trinajstić information content (AvgIpc) is 3.26. The molecular weight excluding hydrogens is 433 g/mol. The number of hydrogen-bond acceptors (Lipinski definition) is 8. The number of aromatic nitrogens is 5. The highest BCUT2D eigenvalue weighted by atomic mass is 19.1. The molecule has 0 saturated carbocycles. The zero-order valence-corrected chi connectivity index (χ0v) is 19.0. The van der Waals surface area contributed by atoms with Crippen molar-refractivity contribution in [1.82, 2.24) is 29.7 Å². The molecule has 0 bridgehead atoms. The van der Waals surface area contributed by atoms with Gasteiger partial charge in [-0.1, -0.05) is 6.92 Å². The molecule has 0 unspecified atom stereocenters. The van der Waals surface area contributed by atoms with Crippen LogP contribution >= 0.6 is 0 Å². The third-order valence-electron chi connectivity index (χ3n) is 5.95. The second-order valence-electron chi connectivity index (χ2n) is 8.05. The number of fused-ring (bicyclic) bond motifs is 1. The van der Waals surface area contributed by atoms with Crippen molar-refractivity contribution in [3.8, 4) is 17.3 Å². The Morgan fingerprint density at radius 1 is 1.18 bits per heavy atom. The summed E-state index contributed by atoms with van der Waals surface area (Å²) in [6.07, 6.45) is 6.17. The smallest absolute Gasteiger partial charge is 0.231 e. The van der Waals surface area contributed by atoms with Crippen LogP contribution in [0.15, 0.2) is 42.9 Å². The summed E-state index contributed by atoms with van der Waals surface area (Å²) in [7, 11) is 1.89. The van der Waals surface area contributed by atoms with Crippen molar-refractivity contribution in [2.24, 2.45) is 0 Å². The molecule has 34 heavy (non-hydrogen) atoms. The van der Waals surface area contributed by atoms with Gasteiger partial charge in [0.15, 0.2) is 5.65 Å². The van der Waals surface area contributed by atoms with E-state index < -0.39 is 5.82 Å². The van der Waals surface area contributed by atoms with Crippen molar-refractivity contribution in [2.75, 3.05) is 43.0 Å². The quantitative estimate of drug-likeness (QED) is 0.489. The Morgan fingerprint density at radius 3 is 2.76 bits per heavy atom. The summed E-state index contributed by atoms with van der Waals surface area (Å²) in [5.41, 5.74) is 2.97. The Kier molecular flexibility index (Phi) is 5.77. The Balaban J connectivity index is 1.57. The van der Waals surface area contributed by atoms with E-state index in [1.165, 1.54) is 12.1 Å². The number of rotatable bonds is 5. The average molecular weight is 458 g/mol. The summed E-state index contributed by atoms with van der Waals surface area (Å²) in [6, 6.07) is 7.87. The maximum absolute atomic E-state index is 13.6.